The number of amidine groups is 2. The van der Waals surface area contributed by atoms with Crippen LogP contribution in [0.5, 0.6) is 0 Å². The van der Waals surface area contributed by atoms with Crippen LogP contribution in [0.4, 0.5) is 0 Å². The van der Waals surface area contributed by atoms with Crippen LogP contribution < -0.4 is 5.73 Å². The Balaban J connectivity index is 2.16. The number of fused-ring (bicyclic) bond motifs is 3. The maximum absolute atomic E-state index is 5.90. The summed E-state index contributed by atoms with van der Waals surface area (Å²) in [5.74, 6) is 0.308. The predicted molar refractivity (Wildman–Crippen MR) is 83.7 cm³/mol. The summed E-state index contributed by atoms with van der Waals surface area (Å²) >= 11 is 5.75. The van der Waals surface area contributed by atoms with Crippen LogP contribution in [-0.2, 0) is 0 Å². The van der Waals surface area contributed by atoms with Crippen LogP contribution >= 0.6 is 11.6 Å². The molecule has 100 valence electrons. The van der Waals surface area contributed by atoms with E-state index in [2.05, 4.69) is 9.98 Å². The van der Waals surface area contributed by atoms with Gasteiger partial charge in [-0.05, 0) is 29.8 Å². The summed E-state index contributed by atoms with van der Waals surface area (Å²) in [6.07, 6.45) is 0. The summed E-state index contributed by atoms with van der Waals surface area (Å²) in [4.78, 5) is 7.74. The van der Waals surface area contributed by atoms with Crippen LogP contribution in [0.2, 0.25) is 0 Å². The van der Waals surface area contributed by atoms with Crippen molar-refractivity contribution in [1.29, 1.82) is 0 Å². The van der Waals surface area contributed by atoms with Gasteiger partial charge in [-0.25, -0.2) is 4.99 Å². The standard InChI is InChI=1S/C15H12ClN3O/c1-18-15(16)19-14(17)9-6-7-11-10-4-2-3-5-12(10)20-13(11)8-9/h2-8H,1H3,(H2,17,18,19). The lowest BCUT2D eigenvalue weighted by molar-refractivity contribution is 0.669. The van der Waals surface area contributed by atoms with E-state index in [0.717, 1.165) is 27.5 Å². The molecule has 3 rings (SSSR count). The number of para-hydroxylation sites is 1. The molecular formula is C15H12ClN3O. The van der Waals surface area contributed by atoms with Crippen LogP contribution in [0.1, 0.15) is 5.56 Å². The first-order chi connectivity index (χ1) is 9.69. The van der Waals surface area contributed by atoms with Gasteiger partial charge in [0.25, 0.3) is 0 Å². The Morgan fingerprint density at radius 2 is 1.85 bits per heavy atom. The molecule has 3 aromatic rings. The quantitative estimate of drug-likeness (QED) is 0.422. The second-order valence-electron chi connectivity index (χ2n) is 4.30. The zero-order chi connectivity index (χ0) is 14.1. The van der Waals surface area contributed by atoms with Gasteiger partial charge in [0.1, 0.15) is 17.0 Å². The van der Waals surface area contributed by atoms with Gasteiger partial charge in [0, 0.05) is 23.4 Å². The Morgan fingerprint density at radius 1 is 1.10 bits per heavy atom. The number of nitrogens with two attached hydrogens (primary N) is 1. The largest absolute Gasteiger partial charge is 0.456 e. The fourth-order valence-electron chi connectivity index (χ4n) is 2.10. The molecule has 0 radical (unpaired) electrons. The predicted octanol–water partition coefficient (Wildman–Crippen LogP) is 3.52. The molecule has 2 aromatic carbocycles. The summed E-state index contributed by atoms with van der Waals surface area (Å²) in [5, 5.41) is 2.25. The van der Waals surface area contributed by atoms with Gasteiger partial charge in [0.05, 0.1) is 0 Å². The number of furan rings is 1. The van der Waals surface area contributed by atoms with E-state index in [9.17, 15) is 0 Å². The first kappa shape index (κ1) is 12.7. The Morgan fingerprint density at radius 3 is 2.65 bits per heavy atom. The maximum atomic E-state index is 5.90. The van der Waals surface area contributed by atoms with E-state index < -0.39 is 0 Å². The number of benzene rings is 2. The Kier molecular flexibility index (Phi) is 3.16. The first-order valence-electron chi connectivity index (χ1n) is 6.07. The molecule has 1 aromatic heterocycles. The molecule has 0 spiro atoms. The summed E-state index contributed by atoms with van der Waals surface area (Å²) in [5.41, 5.74) is 8.27. The van der Waals surface area contributed by atoms with Gasteiger partial charge < -0.3 is 10.2 Å². The van der Waals surface area contributed by atoms with Gasteiger partial charge >= 0.3 is 0 Å². The minimum atomic E-state index is 0.118. The van der Waals surface area contributed by atoms with E-state index in [-0.39, 0.29) is 5.29 Å². The monoisotopic (exact) mass is 285 g/mol. The van der Waals surface area contributed by atoms with Crippen LogP contribution in [0.25, 0.3) is 21.9 Å². The fraction of sp³-hybridized carbons (Fsp3) is 0.0667. The van der Waals surface area contributed by atoms with E-state index in [4.69, 9.17) is 21.8 Å². The minimum absolute atomic E-state index is 0.118. The van der Waals surface area contributed by atoms with Crippen LogP contribution in [0.3, 0.4) is 0 Å². The number of aliphatic imine (C=N–C) groups is 2. The molecule has 1 heterocycles. The molecule has 5 heteroatoms. The first-order valence-corrected chi connectivity index (χ1v) is 6.45. The third-order valence-electron chi connectivity index (χ3n) is 3.07. The minimum Gasteiger partial charge on any atom is -0.456 e. The summed E-state index contributed by atoms with van der Waals surface area (Å²) in [7, 11) is 1.56. The van der Waals surface area contributed by atoms with E-state index in [1.165, 1.54) is 0 Å². The molecule has 20 heavy (non-hydrogen) atoms. The van der Waals surface area contributed by atoms with Crippen molar-refractivity contribution >= 4 is 44.7 Å². The maximum Gasteiger partial charge on any atom is 0.219 e. The molecule has 0 atom stereocenters. The fourth-order valence-corrected chi connectivity index (χ4v) is 2.19. The van der Waals surface area contributed by atoms with Crippen LogP contribution in [0.15, 0.2) is 56.9 Å². The number of rotatable bonds is 1. The van der Waals surface area contributed by atoms with Gasteiger partial charge in [-0.15, -0.1) is 0 Å². The van der Waals surface area contributed by atoms with E-state index >= 15 is 0 Å². The van der Waals surface area contributed by atoms with Crippen molar-refractivity contribution in [3.05, 3.63) is 48.0 Å². The Labute approximate surface area is 120 Å². The number of hydrogen-bond donors (Lipinski definition) is 1. The lowest BCUT2D eigenvalue weighted by atomic mass is 10.1. The number of halogens is 1. The average Bonchev–Trinajstić information content (AvgIpc) is 2.84. The number of hydrogen-bond acceptors (Lipinski definition) is 2. The SMILES string of the molecule is CN=C(Cl)N=C(N)c1ccc2c(c1)oc1ccccc12. The van der Waals surface area contributed by atoms with E-state index in [0.29, 0.717) is 5.84 Å². The molecule has 0 aliphatic heterocycles. The van der Waals surface area contributed by atoms with Gasteiger partial charge in [0.15, 0.2) is 0 Å². The van der Waals surface area contributed by atoms with Gasteiger partial charge in [-0.3, -0.25) is 4.99 Å². The van der Waals surface area contributed by atoms with Crippen molar-refractivity contribution in [2.24, 2.45) is 15.7 Å². The molecular weight excluding hydrogens is 274 g/mol. The van der Waals surface area contributed by atoms with E-state index in [1.807, 2.05) is 42.5 Å². The molecule has 2 N–H and O–H groups in total. The Hall–Kier alpha value is -2.33. The zero-order valence-electron chi connectivity index (χ0n) is 10.8. The molecule has 0 fully saturated rings. The van der Waals surface area contributed by atoms with Crippen molar-refractivity contribution in [2.45, 2.75) is 0 Å². The third-order valence-corrected chi connectivity index (χ3v) is 3.33. The van der Waals surface area contributed by atoms with Crippen LogP contribution in [0, 0.1) is 0 Å². The topological polar surface area (TPSA) is 63.9 Å². The third kappa shape index (κ3) is 2.14. The van der Waals surface area contributed by atoms with Crippen molar-refractivity contribution in [2.75, 3.05) is 7.05 Å². The highest BCUT2D eigenvalue weighted by atomic mass is 35.5. The van der Waals surface area contributed by atoms with Gasteiger partial charge in [0.2, 0.25) is 5.29 Å². The van der Waals surface area contributed by atoms with Crippen LogP contribution in [-0.4, -0.2) is 18.2 Å². The summed E-state index contributed by atoms with van der Waals surface area (Å²) < 4.78 is 5.80. The van der Waals surface area contributed by atoms with Crippen molar-refractivity contribution in [1.82, 2.24) is 0 Å². The van der Waals surface area contributed by atoms with Crippen molar-refractivity contribution in [3.63, 3.8) is 0 Å². The lowest BCUT2D eigenvalue weighted by Gasteiger charge is -1.99. The highest BCUT2D eigenvalue weighted by Crippen LogP contribution is 2.28. The lowest BCUT2D eigenvalue weighted by Crippen LogP contribution is -2.14. The molecule has 0 bridgehead atoms. The van der Waals surface area contributed by atoms with Gasteiger partial charge in [-0.1, -0.05) is 24.3 Å². The molecule has 0 amide bonds. The Bertz CT molecular complexity index is 849. The highest BCUT2D eigenvalue weighted by molar-refractivity contribution is 6.65. The highest BCUT2D eigenvalue weighted by Gasteiger charge is 2.08. The normalized spacial score (nSPS) is 13.3. The zero-order valence-corrected chi connectivity index (χ0v) is 11.6. The molecule has 0 unspecified atom stereocenters. The molecule has 0 aliphatic carbocycles. The second-order valence-corrected chi connectivity index (χ2v) is 4.64. The average molecular weight is 286 g/mol. The smallest absolute Gasteiger partial charge is 0.219 e. The number of nitrogens with zero attached hydrogens (tertiary/aromatic N) is 2. The van der Waals surface area contributed by atoms with Gasteiger partial charge in [-0.2, -0.15) is 0 Å². The van der Waals surface area contributed by atoms with Crippen molar-refractivity contribution in [3.8, 4) is 0 Å². The molecule has 0 saturated heterocycles. The molecule has 0 aliphatic rings. The van der Waals surface area contributed by atoms with Crippen molar-refractivity contribution < 1.29 is 4.42 Å². The molecule has 0 saturated carbocycles. The molecule has 4 nitrogen and oxygen atoms in total. The second kappa shape index (κ2) is 4.98. The summed E-state index contributed by atoms with van der Waals surface area (Å²) in [6, 6.07) is 13.6. The van der Waals surface area contributed by atoms with E-state index in [1.54, 1.807) is 7.05 Å². The summed E-state index contributed by atoms with van der Waals surface area (Å²) in [6.45, 7) is 0.